The molecule has 2 aromatic heterocycles. The summed E-state index contributed by atoms with van der Waals surface area (Å²) in [5.74, 6) is 1.12. The fourth-order valence-corrected chi connectivity index (χ4v) is 3.33. The first-order valence-corrected chi connectivity index (χ1v) is 9.14. The second-order valence-electron chi connectivity index (χ2n) is 6.56. The van der Waals surface area contributed by atoms with Crippen molar-refractivity contribution in [2.24, 2.45) is 0 Å². The maximum Gasteiger partial charge on any atom is 0.259 e. The quantitative estimate of drug-likeness (QED) is 0.550. The molecular weight excluding hydrogens is 368 g/mol. The van der Waals surface area contributed by atoms with Crippen molar-refractivity contribution in [3.05, 3.63) is 76.8 Å². The lowest BCUT2D eigenvalue weighted by Crippen LogP contribution is -2.21. The topological polar surface area (TPSA) is 89.0 Å². The van der Waals surface area contributed by atoms with Gasteiger partial charge in [0.2, 0.25) is 5.91 Å². The smallest absolute Gasteiger partial charge is 0.259 e. The van der Waals surface area contributed by atoms with Crippen LogP contribution in [0.15, 0.2) is 65.7 Å². The minimum absolute atomic E-state index is 0.0882. The number of pyridine rings is 1. The Balaban J connectivity index is 1.87. The van der Waals surface area contributed by atoms with E-state index in [1.54, 1.807) is 38.7 Å². The van der Waals surface area contributed by atoms with Crippen LogP contribution in [0, 0.1) is 0 Å². The monoisotopic (exact) mass is 388 g/mol. The number of ether oxygens (including phenoxy) is 1. The van der Waals surface area contributed by atoms with E-state index in [9.17, 15) is 9.59 Å². The first-order chi connectivity index (χ1) is 14.1. The minimum atomic E-state index is -0.237. The highest BCUT2D eigenvalue weighted by atomic mass is 16.5. The van der Waals surface area contributed by atoms with Crippen LogP contribution in [0.5, 0.6) is 5.75 Å². The van der Waals surface area contributed by atoms with E-state index < -0.39 is 0 Å². The Morgan fingerprint density at radius 2 is 2.03 bits per heavy atom. The molecular formula is C22H20N4O3. The number of nitrogens with one attached hydrogen (secondary N) is 2. The molecule has 1 amide bonds. The molecule has 2 aromatic carbocycles. The number of nitrogens with zero attached hydrogens (tertiary/aromatic N) is 2. The van der Waals surface area contributed by atoms with Crippen molar-refractivity contribution in [1.82, 2.24) is 19.9 Å². The Kier molecular flexibility index (Phi) is 4.87. The number of para-hydroxylation sites is 1. The van der Waals surface area contributed by atoms with Crippen LogP contribution in [-0.2, 0) is 11.2 Å². The van der Waals surface area contributed by atoms with Crippen molar-refractivity contribution >= 4 is 16.8 Å². The summed E-state index contributed by atoms with van der Waals surface area (Å²) >= 11 is 0. The number of benzene rings is 2. The molecule has 2 heterocycles. The van der Waals surface area contributed by atoms with E-state index in [1.165, 1.54) is 0 Å². The molecule has 7 heteroatoms. The van der Waals surface area contributed by atoms with Gasteiger partial charge in [-0.25, -0.2) is 4.98 Å². The van der Waals surface area contributed by atoms with Crippen LogP contribution in [0.25, 0.3) is 28.0 Å². The third kappa shape index (κ3) is 3.50. The third-order valence-corrected chi connectivity index (χ3v) is 4.81. The van der Waals surface area contributed by atoms with E-state index in [2.05, 4.69) is 15.3 Å². The lowest BCUT2D eigenvalue weighted by molar-refractivity contribution is -0.119. The molecule has 7 nitrogen and oxygen atoms in total. The van der Waals surface area contributed by atoms with Gasteiger partial charge in [0, 0.05) is 30.3 Å². The average molecular weight is 388 g/mol. The van der Waals surface area contributed by atoms with Crippen LogP contribution in [0.3, 0.4) is 0 Å². The highest BCUT2D eigenvalue weighted by Gasteiger charge is 2.16. The number of H-pyrrole nitrogens is 1. The van der Waals surface area contributed by atoms with Crippen LogP contribution in [0.1, 0.15) is 5.56 Å². The molecule has 146 valence electrons. The predicted octanol–water partition coefficient (Wildman–Crippen LogP) is 2.68. The van der Waals surface area contributed by atoms with E-state index >= 15 is 0 Å². The Labute approximate surface area is 167 Å². The second-order valence-corrected chi connectivity index (χ2v) is 6.56. The SMILES string of the molecule is CNC(=O)Cc1ccccc1-n1ccnc1-c1cc2cc(OC)ccc2[nH]c1=O. The number of carbonyl (C=O) groups is 1. The third-order valence-electron chi connectivity index (χ3n) is 4.81. The van der Waals surface area contributed by atoms with E-state index in [-0.39, 0.29) is 17.9 Å². The molecule has 0 radical (unpaired) electrons. The van der Waals surface area contributed by atoms with Crippen LogP contribution < -0.4 is 15.6 Å². The second kappa shape index (κ2) is 7.63. The molecule has 0 atom stereocenters. The van der Waals surface area contributed by atoms with Crippen molar-refractivity contribution in [2.45, 2.75) is 6.42 Å². The molecule has 0 spiro atoms. The molecule has 0 saturated heterocycles. The normalized spacial score (nSPS) is 10.8. The summed E-state index contributed by atoms with van der Waals surface area (Å²) in [6.45, 7) is 0. The van der Waals surface area contributed by atoms with Crippen LogP contribution in [-0.4, -0.2) is 34.6 Å². The van der Waals surface area contributed by atoms with Crippen molar-refractivity contribution < 1.29 is 9.53 Å². The zero-order valence-electron chi connectivity index (χ0n) is 16.1. The standard InChI is InChI=1S/C22H20N4O3/c1-23-20(27)13-14-5-3-4-6-19(14)26-10-9-24-21(26)17-12-15-11-16(29-2)7-8-18(15)25-22(17)28/h3-12H,13H2,1-2H3,(H,23,27)(H,25,28). The molecule has 4 aromatic rings. The summed E-state index contributed by atoms with van der Waals surface area (Å²) in [4.78, 5) is 32.0. The van der Waals surface area contributed by atoms with Crippen LogP contribution in [0.4, 0.5) is 0 Å². The van der Waals surface area contributed by atoms with E-state index in [0.717, 1.165) is 22.2 Å². The molecule has 0 bridgehead atoms. The Morgan fingerprint density at radius 1 is 1.21 bits per heavy atom. The minimum Gasteiger partial charge on any atom is -0.497 e. The number of carbonyl (C=O) groups excluding carboxylic acids is 1. The van der Waals surface area contributed by atoms with Crippen molar-refractivity contribution in [2.75, 3.05) is 14.2 Å². The summed E-state index contributed by atoms with van der Waals surface area (Å²) in [6, 6.07) is 14.8. The number of aromatic nitrogens is 3. The van der Waals surface area contributed by atoms with Gasteiger partial charge < -0.3 is 15.0 Å². The highest BCUT2D eigenvalue weighted by molar-refractivity contribution is 5.84. The van der Waals surface area contributed by atoms with E-state index in [4.69, 9.17) is 4.74 Å². The highest BCUT2D eigenvalue weighted by Crippen LogP contribution is 2.25. The van der Waals surface area contributed by atoms with Gasteiger partial charge in [-0.15, -0.1) is 0 Å². The lowest BCUT2D eigenvalue weighted by Gasteiger charge is -2.13. The van der Waals surface area contributed by atoms with Gasteiger partial charge in [-0.05, 0) is 35.9 Å². The first kappa shape index (κ1) is 18.5. The number of aromatic amines is 1. The lowest BCUT2D eigenvalue weighted by atomic mass is 10.1. The number of fused-ring (bicyclic) bond motifs is 1. The molecule has 29 heavy (non-hydrogen) atoms. The fraction of sp³-hybridized carbons (Fsp3) is 0.136. The Hall–Kier alpha value is -3.87. The largest absolute Gasteiger partial charge is 0.497 e. The van der Waals surface area contributed by atoms with E-state index in [1.807, 2.05) is 41.0 Å². The Bertz CT molecular complexity index is 1260. The van der Waals surface area contributed by atoms with Gasteiger partial charge in [0.15, 0.2) is 0 Å². The van der Waals surface area contributed by atoms with Gasteiger partial charge in [0.25, 0.3) is 5.56 Å². The van der Waals surface area contributed by atoms with Crippen LogP contribution in [0.2, 0.25) is 0 Å². The molecule has 2 N–H and O–H groups in total. The van der Waals surface area contributed by atoms with Gasteiger partial charge >= 0.3 is 0 Å². The zero-order chi connectivity index (χ0) is 20.4. The molecule has 4 rings (SSSR count). The summed E-state index contributed by atoms with van der Waals surface area (Å²) in [7, 11) is 3.21. The number of methoxy groups -OCH3 is 1. The molecule has 0 fully saturated rings. The van der Waals surface area contributed by atoms with Crippen LogP contribution >= 0.6 is 0 Å². The summed E-state index contributed by atoms with van der Waals surface area (Å²) in [5.41, 5.74) is 2.56. The number of rotatable bonds is 5. The summed E-state index contributed by atoms with van der Waals surface area (Å²) < 4.78 is 7.12. The molecule has 0 aliphatic rings. The van der Waals surface area contributed by atoms with Gasteiger partial charge in [-0.2, -0.15) is 0 Å². The molecule has 0 aliphatic heterocycles. The van der Waals surface area contributed by atoms with Crippen molar-refractivity contribution in [3.63, 3.8) is 0 Å². The number of likely N-dealkylation sites (N-methyl/N-ethyl adjacent to an activating group) is 1. The number of amides is 1. The van der Waals surface area contributed by atoms with Crippen molar-refractivity contribution in [1.29, 1.82) is 0 Å². The van der Waals surface area contributed by atoms with Gasteiger partial charge in [0.1, 0.15) is 11.6 Å². The van der Waals surface area contributed by atoms with E-state index in [0.29, 0.717) is 17.1 Å². The number of hydrogen-bond acceptors (Lipinski definition) is 4. The fourth-order valence-electron chi connectivity index (χ4n) is 3.33. The van der Waals surface area contributed by atoms with Gasteiger partial charge in [0.05, 0.1) is 24.8 Å². The molecule has 0 saturated carbocycles. The van der Waals surface area contributed by atoms with Gasteiger partial charge in [-0.3, -0.25) is 14.2 Å². The van der Waals surface area contributed by atoms with Crippen molar-refractivity contribution in [3.8, 4) is 22.8 Å². The summed E-state index contributed by atoms with van der Waals surface area (Å²) in [5, 5.41) is 3.48. The zero-order valence-corrected chi connectivity index (χ0v) is 16.1. The molecule has 0 unspecified atom stereocenters. The number of hydrogen-bond donors (Lipinski definition) is 2. The Morgan fingerprint density at radius 3 is 2.83 bits per heavy atom. The predicted molar refractivity (Wildman–Crippen MR) is 111 cm³/mol. The number of imidazole rings is 1. The summed E-state index contributed by atoms with van der Waals surface area (Å²) in [6.07, 6.45) is 3.66. The maximum absolute atomic E-state index is 12.8. The maximum atomic E-state index is 12.8. The first-order valence-electron chi connectivity index (χ1n) is 9.14. The average Bonchev–Trinajstić information content (AvgIpc) is 3.22. The van der Waals surface area contributed by atoms with Gasteiger partial charge in [-0.1, -0.05) is 18.2 Å². The molecule has 0 aliphatic carbocycles.